The van der Waals surface area contributed by atoms with Crippen LogP contribution < -0.4 is 4.74 Å². The molecule has 0 amide bonds. The van der Waals surface area contributed by atoms with E-state index in [9.17, 15) is 5.11 Å². The number of aliphatic hydroxyl groups excluding tert-OH is 1. The number of β-amino-alcohol motifs (C(OH)–C–C–N with tert-alkyl or cyclic N) is 1. The van der Waals surface area contributed by atoms with E-state index in [-0.39, 0.29) is 0 Å². The van der Waals surface area contributed by atoms with E-state index in [1.807, 2.05) is 12.1 Å². The lowest BCUT2D eigenvalue weighted by Gasteiger charge is -2.35. The zero-order chi connectivity index (χ0) is 15.4. The van der Waals surface area contributed by atoms with Crippen molar-refractivity contribution in [3.63, 3.8) is 0 Å². The molecule has 118 valence electrons. The third-order valence-electron chi connectivity index (χ3n) is 4.33. The topological polar surface area (TPSA) is 32.7 Å². The van der Waals surface area contributed by atoms with Gasteiger partial charge in [0.25, 0.3) is 0 Å². The van der Waals surface area contributed by atoms with E-state index in [2.05, 4.69) is 38.7 Å². The van der Waals surface area contributed by atoms with E-state index >= 15 is 0 Å². The normalized spacial score (nSPS) is 24.8. The summed E-state index contributed by atoms with van der Waals surface area (Å²) in [6.07, 6.45) is 0.871. The molecule has 1 fully saturated rings. The third kappa shape index (κ3) is 5.01. The standard InChI is InChI=1S/C18H29NO2/c1-13-7-14(2)10-19(9-13)11-17(20)12-21-18-6-5-15(3)16(4)8-18/h5-6,8,13-14,17,20H,7,9-12H2,1-4H3/t13-,14-,17-/m0/s1. The lowest BCUT2D eigenvalue weighted by Crippen LogP contribution is -2.44. The van der Waals surface area contributed by atoms with Gasteiger partial charge in [-0.05, 0) is 55.4 Å². The van der Waals surface area contributed by atoms with E-state index in [1.165, 1.54) is 17.5 Å². The molecule has 1 aliphatic rings. The van der Waals surface area contributed by atoms with Crippen molar-refractivity contribution in [3.05, 3.63) is 29.3 Å². The summed E-state index contributed by atoms with van der Waals surface area (Å²) in [7, 11) is 0. The van der Waals surface area contributed by atoms with Gasteiger partial charge in [0, 0.05) is 19.6 Å². The number of aliphatic hydroxyl groups is 1. The maximum atomic E-state index is 10.2. The number of ether oxygens (including phenoxy) is 1. The molecule has 1 N–H and O–H groups in total. The average molecular weight is 291 g/mol. The first kappa shape index (κ1) is 16.3. The fourth-order valence-corrected chi connectivity index (χ4v) is 3.29. The van der Waals surface area contributed by atoms with Crippen LogP contribution in [0.4, 0.5) is 0 Å². The first-order valence-corrected chi connectivity index (χ1v) is 8.04. The summed E-state index contributed by atoms with van der Waals surface area (Å²) >= 11 is 0. The van der Waals surface area contributed by atoms with Crippen molar-refractivity contribution < 1.29 is 9.84 Å². The second kappa shape index (κ2) is 7.28. The summed E-state index contributed by atoms with van der Waals surface area (Å²) < 4.78 is 5.72. The minimum Gasteiger partial charge on any atom is -0.491 e. The van der Waals surface area contributed by atoms with Crippen molar-refractivity contribution in [2.75, 3.05) is 26.2 Å². The van der Waals surface area contributed by atoms with Crippen LogP contribution in [0.5, 0.6) is 5.75 Å². The number of likely N-dealkylation sites (tertiary alicyclic amines) is 1. The van der Waals surface area contributed by atoms with Gasteiger partial charge in [-0.15, -0.1) is 0 Å². The molecule has 3 heteroatoms. The molecule has 3 atom stereocenters. The fraction of sp³-hybridized carbons (Fsp3) is 0.667. The molecule has 0 spiro atoms. The number of piperidine rings is 1. The first-order valence-electron chi connectivity index (χ1n) is 8.04. The van der Waals surface area contributed by atoms with Crippen LogP contribution in [-0.2, 0) is 0 Å². The molecule has 2 rings (SSSR count). The third-order valence-corrected chi connectivity index (χ3v) is 4.33. The van der Waals surface area contributed by atoms with E-state index in [1.54, 1.807) is 0 Å². The SMILES string of the molecule is Cc1ccc(OC[C@@H](O)CN2C[C@@H](C)C[C@H](C)C2)cc1C. The number of hydrogen-bond donors (Lipinski definition) is 1. The summed E-state index contributed by atoms with van der Waals surface area (Å²) in [5.74, 6) is 2.29. The van der Waals surface area contributed by atoms with Crippen molar-refractivity contribution in [2.45, 2.75) is 40.2 Å². The van der Waals surface area contributed by atoms with Crippen molar-refractivity contribution in [1.82, 2.24) is 4.90 Å². The lowest BCUT2D eigenvalue weighted by molar-refractivity contribution is 0.0429. The van der Waals surface area contributed by atoms with Crippen molar-refractivity contribution in [1.29, 1.82) is 0 Å². The molecule has 1 aromatic rings. The summed E-state index contributed by atoms with van der Waals surface area (Å²) in [6.45, 7) is 12.0. The molecule has 3 nitrogen and oxygen atoms in total. The maximum Gasteiger partial charge on any atom is 0.119 e. The minimum absolute atomic E-state index is 0.363. The predicted octanol–water partition coefficient (Wildman–Crippen LogP) is 3.02. The Labute approximate surface area is 128 Å². The number of aryl methyl sites for hydroxylation is 2. The summed E-state index contributed by atoms with van der Waals surface area (Å²) in [5.41, 5.74) is 2.49. The van der Waals surface area contributed by atoms with Gasteiger partial charge in [0.05, 0.1) is 0 Å². The number of benzene rings is 1. The molecule has 0 bridgehead atoms. The Balaban J connectivity index is 1.79. The molecular formula is C18H29NO2. The van der Waals surface area contributed by atoms with Gasteiger partial charge >= 0.3 is 0 Å². The number of rotatable bonds is 5. The Bertz CT molecular complexity index is 451. The quantitative estimate of drug-likeness (QED) is 0.905. The molecule has 1 aliphatic heterocycles. The van der Waals surface area contributed by atoms with Crippen LogP contribution in [0, 0.1) is 25.7 Å². The Morgan fingerprint density at radius 1 is 1.19 bits per heavy atom. The van der Waals surface area contributed by atoms with E-state index < -0.39 is 6.10 Å². The highest BCUT2D eigenvalue weighted by Crippen LogP contribution is 2.21. The van der Waals surface area contributed by atoms with Gasteiger partial charge in [0.2, 0.25) is 0 Å². The summed E-state index contributed by atoms with van der Waals surface area (Å²) in [4.78, 5) is 2.37. The maximum absolute atomic E-state index is 10.2. The number of hydrogen-bond acceptors (Lipinski definition) is 3. The Morgan fingerprint density at radius 2 is 1.86 bits per heavy atom. The average Bonchev–Trinajstić information content (AvgIpc) is 2.39. The fourth-order valence-electron chi connectivity index (χ4n) is 3.29. The Kier molecular flexibility index (Phi) is 5.65. The van der Waals surface area contributed by atoms with Gasteiger partial charge in [-0.25, -0.2) is 0 Å². The summed E-state index contributed by atoms with van der Waals surface area (Å²) in [5, 5.41) is 10.2. The molecule has 21 heavy (non-hydrogen) atoms. The zero-order valence-corrected chi connectivity index (χ0v) is 13.8. The van der Waals surface area contributed by atoms with Gasteiger partial charge in [-0.3, -0.25) is 0 Å². The second-order valence-electron chi connectivity index (χ2n) is 6.88. The lowest BCUT2D eigenvalue weighted by atomic mass is 9.92. The van der Waals surface area contributed by atoms with Crippen molar-refractivity contribution in [2.24, 2.45) is 11.8 Å². The molecule has 1 heterocycles. The second-order valence-corrected chi connectivity index (χ2v) is 6.88. The van der Waals surface area contributed by atoms with Gasteiger partial charge in [-0.2, -0.15) is 0 Å². The van der Waals surface area contributed by atoms with Crippen molar-refractivity contribution >= 4 is 0 Å². The molecule has 0 saturated carbocycles. The van der Waals surface area contributed by atoms with E-state index in [4.69, 9.17) is 4.74 Å². The van der Waals surface area contributed by atoms with Gasteiger partial charge in [0.1, 0.15) is 18.5 Å². The van der Waals surface area contributed by atoms with Crippen LogP contribution in [0.3, 0.4) is 0 Å². The monoisotopic (exact) mass is 291 g/mol. The minimum atomic E-state index is -0.427. The van der Waals surface area contributed by atoms with Gasteiger partial charge in [-0.1, -0.05) is 19.9 Å². The zero-order valence-electron chi connectivity index (χ0n) is 13.8. The highest BCUT2D eigenvalue weighted by atomic mass is 16.5. The highest BCUT2D eigenvalue weighted by molar-refractivity contribution is 5.33. The molecular weight excluding hydrogens is 262 g/mol. The van der Waals surface area contributed by atoms with E-state index in [0.29, 0.717) is 13.2 Å². The molecule has 1 aromatic carbocycles. The summed E-state index contributed by atoms with van der Waals surface area (Å²) in [6, 6.07) is 6.07. The number of nitrogens with zero attached hydrogens (tertiary/aromatic N) is 1. The smallest absolute Gasteiger partial charge is 0.119 e. The van der Waals surface area contributed by atoms with Crippen LogP contribution in [0.1, 0.15) is 31.4 Å². The molecule has 0 aliphatic carbocycles. The molecule has 0 unspecified atom stereocenters. The van der Waals surface area contributed by atoms with E-state index in [0.717, 1.165) is 30.7 Å². The van der Waals surface area contributed by atoms with Crippen LogP contribution in [0.15, 0.2) is 18.2 Å². The molecule has 0 radical (unpaired) electrons. The van der Waals surface area contributed by atoms with Crippen LogP contribution in [0.2, 0.25) is 0 Å². The Hall–Kier alpha value is -1.06. The highest BCUT2D eigenvalue weighted by Gasteiger charge is 2.23. The van der Waals surface area contributed by atoms with Gasteiger partial charge in [0.15, 0.2) is 0 Å². The van der Waals surface area contributed by atoms with Crippen LogP contribution in [-0.4, -0.2) is 42.4 Å². The Morgan fingerprint density at radius 3 is 2.48 bits per heavy atom. The van der Waals surface area contributed by atoms with Crippen LogP contribution >= 0.6 is 0 Å². The largest absolute Gasteiger partial charge is 0.491 e. The van der Waals surface area contributed by atoms with Gasteiger partial charge < -0.3 is 14.7 Å². The predicted molar refractivity (Wildman–Crippen MR) is 86.8 cm³/mol. The molecule has 0 aromatic heterocycles. The molecule has 1 saturated heterocycles. The van der Waals surface area contributed by atoms with Crippen LogP contribution in [0.25, 0.3) is 0 Å². The van der Waals surface area contributed by atoms with Crippen molar-refractivity contribution in [3.8, 4) is 5.75 Å². The first-order chi connectivity index (χ1) is 9.94.